The number of nitrogens with two attached hydrogens (primary N) is 1. The first kappa shape index (κ1) is 15.4. The number of amides is 1. The van der Waals surface area contributed by atoms with E-state index in [1.54, 1.807) is 11.8 Å². The third-order valence-electron chi connectivity index (χ3n) is 4.08. The summed E-state index contributed by atoms with van der Waals surface area (Å²) in [5, 5.41) is 3.03. The molecule has 1 aromatic carbocycles. The number of hydrogen-bond acceptors (Lipinski definition) is 3. The summed E-state index contributed by atoms with van der Waals surface area (Å²) in [6.45, 7) is 2.70. The Morgan fingerprint density at radius 2 is 2.25 bits per heavy atom. The predicted molar refractivity (Wildman–Crippen MR) is 84.7 cm³/mol. The van der Waals surface area contributed by atoms with Crippen molar-refractivity contribution in [1.29, 1.82) is 0 Å². The largest absolute Gasteiger partial charge is 0.352 e. The molecule has 20 heavy (non-hydrogen) atoms. The van der Waals surface area contributed by atoms with Crippen molar-refractivity contribution in [2.24, 2.45) is 11.7 Å². The van der Waals surface area contributed by atoms with Crippen LogP contribution in [0.15, 0.2) is 23.1 Å². The summed E-state index contributed by atoms with van der Waals surface area (Å²) < 4.78 is 0. The molecule has 4 heteroatoms. The van der Waals surface area contributed by atoms with E-state index in [2.05, 4.69) is 36.7 Å². The maximum atomic E-state index is 12.0. The van der Waals surface area contributed by atoms with E-state index in [0.717, 1.165) is 19.3 Å². The van der Waals surface area contributed by atoms with Gasteiger partial charge in [-0.1, -0.05) is 18.6 Å². The Morgan fingerprint density at radius 3 is 2.90 bits per heavy atom. The zero-order valence-electron chi connectivity index (χ0n) is 12.3. The van der Waals surface area contributed by atoms with E-state index >= 15 is 0 Å². The number of rotatable bonds is 5. The zero-order chi connectivity index (χ0) is 14.5. The molecule has 2 rings (SSSR count). The van der Waals surface area contributed by atoms with Gasteiger partial charge in [-0.05, 0) is 49.1 Å². The molecule has 0 bridgehead atoms. The molecule has 0 unspecified atom stereocenters. The third kappa shape index (κ3) is 4.00. The van der Waals surface area contributed by atoms with Gasteiger partial charge in [0.05, 0.1) is 0 Å². The first-order chi connectivity index (χ1) is 9.60. The van der Waals surface area contributed by atoms with Crippen LogP contribution in [0.4, 0.5) is 0 Å². The minimum absolute atomic E-state index is 0.125. The summed E-state index contributed by atoms with van der Waals surface area (Å²) in [7, 11) is 0. The van der Waals surface area contributed by atoms with Crippen LogP contribution >= 0.6 is 11.8 Å². The number of hydrogen-bond donors (Lipinski definition) is 2. The second kappa shape index (κ2) is 7.14. The lowest BCUT2D eigenvalue weighted by atomic mass is 10.00. The molecule has 1 amide bonds. The molecule has 1 aromatic rings. The van der Waals surface area contributed by atoms with Crippen LogP contribution < -0.4 is 11.1 Å². The Morgan fingerprint density at radius 1 is 1.45 bits per heavy atom. The first-order valence-corrected chi connectivity index (χ1v) is 8.48. The van der Waals surface area contributed by atoms with Gasteiger partial charge < -0.3 is 11.1 Å². The van der Waals surface area contributed by atoms with Crippen LogP contribution in [0.3, 0.4) is 0 Å². The molecular formula is C16H24N2OS. The first-order valence-electron chi connectivity index (χ1n) is 7.26. The molecule has 1 aliphatic rings. The second-order valence-electron chi connectivity index (χ2n) is 5.65. The van der Waals surface area contributed by atoms with Crippen molar-refractivity contribution in [3.05, 3.63) is 29.3 Å². The van der Waals surface area contributed by atoms with Gasteiger partial charge in [0.2, 0.25) is 5.91 Å². The lowest BCUT2D eigenvalue weighted by Gasteiger charge is -2.15. The van der Waals surface area contributed by atoms with Gasteiger partial charge in [-0.15, -0.1) is 11.8 Å². The van der Waals surface area contributed by atoms with Crippen LogP contribution in [0.5, 0.6) is 0 Å². The summed E-state index contributed by atoms with van der Waals surface area (Å²) in [6.07, 6.45) is 5.95. The third-order valence-corrected chi connectivity index (χ3v) is 4.90. The van der Waals surface area contributed by atoms with Crippen molar-refractivity contribution in [3.63, 3.8) is 0 Å². The lowest BCUT2D eigenvalue weighted by Crippen LogP contribution is -2.31. The van der Waals surface area contributed by atoms with Crippen molar-refractivity contribution in [2.75, 3.05) is 6.26 Å². The molecular weight excluding hydrogens is 268 g/mol. The van der Waals surface area contributed by atoms with E-state index < -0.39 is 0 Å². The van der Waals surface area contributed by atoms with Gasteiger partial charge in [-0.3, -0.25) is 4.79 Å². The lowest BCUT2D eigenvalue weighted by molar-refractivity contribution is -0.122. The summed E-state index contributed by atoms with van der Waals surface area (Å²) in [4.78, 5) is 13.2. The fraction of sp³-hybridized carbons (Fsp3) is 0.562. The van der Waals surface area contributed by atoms with Crippen LogP contribution in [0.1, 0.15) is 36.8 Å². The molecule has 0 spiro atoms. The highest BCUT2D eigenvalue weighted by Crippen LogP contribution is 2.27. The SMILES string of the molecule is CSc1cc(C)ccc1CNC(=O)C[C@@H]1CCC[C@H]1N. The molecule has 2 atom stereocenters. The summed E-state index contributed by atoms with van der Waals surface area (Å²) in [5.74, 6) is 0.494. The molecule has 3 nitrogen and oxygen atoms in total. The topological polar surface area (TPSA) is 55.1 Å². The Balaban J connectivity index is 1.87. The van der Waals surface area contributed by atoms with E-state index in [-0.39, 0.29) is 11.9 Å². The minimum Gasteiger partial charge on any atom is -0.352 e. The molecule has 0 aromatic heterocycles. The van der Waals surface area contributed by atoms with E-state index in [9.17, 15) is 4.79 Å². The van der Waals surface area contributed by atoms with Crippen molar-refractivity contribution in [2.45, 2.75) is 50.1 Å². The normalized spacial score (nSPS) is 21.9. The van der Waals surface area contributed by atoms with E-state index in [4.69, 9.17) is 5.73 Å². The highest BCUT2D eigenvalue weighted by atomic mass is 32.2. The number of aryl methyl sites for hydroxylation is 1. The van der Waals surface area contributed by atoms with Crippen LogP contribution in [-0.4, -0.2) is 18.2 Å². The minimum atomic E-state index is 0.125. The quantitative estimate of drug-likeness (QED) is 0.821. The molecule has 0 heterocycles. The second-order valence-corrected chi connectivity index (χ2v) is 6.50. The van der Waals surface area contributed by atoms with Gasteiger partial charge >= 0.3 is 0 Å². The highest BCUT2D eigenvalue weighted by Gasteiger charge is 2.25. The average molecular weight is 292 g/mol. The van der Waals surface area contributed by atoms with Gasteiger partial charge in [0.1, 0.15) is 0 Å². The molecule has 1 fully saturated rings. The van der Waals surface area contributed by atoms with Crippen molar-refractivity contribution >= 4 is 17.7 Å². The maximum Gasteiger partial charge on any atom is 0.220 e. The molecule has 1 aliphatic carbocycles. The molecule has 110 valence electrons. The van der Waals surface area contributed by atoms with Crippen molar-refractivity contribution < 1.29 is 4.79 Å². The summed E-state index contributed by atoms with van der Waals surface area (Å²) >= 11 is 1.72. The Bertz CT molecular complexity index is 476. The van der Waals surface area contributed by atoms with Crippen molar-refractivity contribution in [3.8, 4) is 0 Å². The summed E-state index contributed by atoms with van der Waals surface area (Å²) in [6, 6.07) is 6.57. The monoisotopic (exact) mass is 292 g/mol. The van der Waals surface area contributed by atoms with Crippen LogP contribution in [0.25, 0.3) is 0 Å². The smallest absolute Gasteiger partial charge is 0.220 e. The standard InChI is InChI=1S/C16H24N2OS/c1-11-6-7-13(15(8-11)20-2)10-18-16(19)9-12-4-3-5-14(12)17/h6-8,12,14H,3-5,9-10,17H2,1-2H3,(H,18,19)/t12-,14+/m0/s1. The Kier molecular flexibility index (Phi) is 5.49. The Hall–Kier alpha value is -1.00. The average Bonchev–Trinajstić information content (AvgIpc) is 2.82. The molecule has 0 saturated heterocycles. The van der Waals surface area contributed by atoms with Gasteiger partial charge in [-0.2, -0.15) is 0 Å². The summed E-state index contributed by atoms with van der Waals surface area (Å²) in [5.41, 5.74) is 8.45. The number of carbonyl (C=O) groups excluding carboxylic acids is 1. The fourth-order valence-electron chi connectivity index (χ4n) is 2.82. The molecule has 1 saturated carbocycles. The van der Waals surface area contributed by atoms with E-state index in [1.807, 2.05) is 0 Å². The van der Waals surface area contributed by atoms with Gasteiger partial charge in [-0.25, -0.2) is 0 Å². The zero-order valence-corrected chi connectivity index (χ0v) is 13.1. The number of carbonyl (C=O) groups is 1. The maximum absolute atomic E-state index is 12.0. The van der Waals surface area contributed by atoms with Gasteiger partial charge in [0, 0.05) is 23.9 Å². The van der Waals surface area contributed by atoms with E-state index in [1.165, 1.54) is 16.0 Å². The number of thioether (sulfide) groups is 1. The molecule has 0 radical (unpaired) electrons. The predicted octanol–water partition coefficient (Wildman–Crippen LogP) is 2.85. The number of nitrogens with one attached hydrogen (secondary N) is 1. The van der Waals surface area contributed by atoms with Gasteiger partial charge in [0.25, 0.3) is 0 Å². The van der Waals surface area contributed by atoms with E-state index in [0.29, 0.717) is 18.9 Å². The van der Waals surface area contributed by atoms with Crippen LogP contribution in [0.2, 0.25) is 0 Å². The molecule has 3 N–H and O–H groups in total. The molecule has 0 aliphatic heterocycles. The van der Waals surface area contributed by atoms with Gasteiger partial charge in [0.15, 0.2) is 0 Å². The highest BCUT2D eigenvalue weighted by molar-refractivity contribution is 7.98. The van der Waals surface area contributed by atoms with Crippen LogP contribution in [-0.2, 0) is 11.3 Å². The van der Waals surface area contributed by atoms with Crippen LogP contribution in [0, 0.1) is 12.8 Å². The van der Waals surface area contributed by atoms with Crippen molar-refractivity contribution in [1.82, 2.24) is 5.32 Å². The Labute approximate surface area is 125 Å². The number of benzene rings is 1. The fourth-order valence-corrected chi connectivity index (χ4v) is 3.53.